The van der Waals surface area contributed by atoms with Gasteiger partial charge >= 0.3 is 0 Å². The van der Waals surface area contributed by atoms with E-state index < -0.39 is 0 Å². The van der Waals surface area contributed by atoms with Crippen molar-refractivity contribution in [2.24, 2.45) is 0 Å². The molecule has 0 bridgehead atoms. The SMILES string of the molecule is CCONN(C(C)C)C(C)C. The van der Waals surface area contributed by atoms with Gasteiger partial charge in [-0.15, -0.1) is 5.59 Å². The zero-order valence-electron chi connectivity index (χ0n) is 8.22. The molecule has 0 saturated carbocycles. The first-order valence-corrected chi connectivity index (χ1v) is 4.25. The van der Waals surface area contributed by atoms with E-state index in [2.05, 4.69) is 38.3 Å². The summed E-state index contributed by atoms with van der Waals surface area (Å²) in [6.45, 7) is 11.2. The summed E-state index contributed by atoms with van der Waals surface area (Å²) in [6, 6.07) is 0.920. The maximum absolute atomic E-state index is 5.09. The number of nitrogens with zero attached hydrogens (tertiary/aromatic N) is 1. The fourth-order valence-corrected chi connectivity index (χ4v) is 0.946. The molecule has 0 radical (unpaired) electrons. The second-order valence-electron chi connectivity index (χ2n) is 3.12. The molecule has 1 N–H and O–H groups in total. The fourth-order valence-electron chi connectivity index (χ4n) is 0.946. The molecule has 3 heteroatoms. The van der Waals surface area contributed by atoms with Crippen molar-refractivity contribution in [3.8, 4) is 0 Å². The summed E-state index contributed by atoms with van der Waals surface area (Å²) in [6.07, 6.45) is 0. The average molecular weight is 160 g/mol. The summed E-state index contributed by atoms with van der Waals surface area (Å²) in [5.74, 6) is 0. The van der Waals surface area contributed by atoms with Crippen molar-refractivity contribution in [2.45, 2.75) is 46.7 Å². The molecule has 3 nitrogen and oxygen atoms in total. The van der Waals surface area contributed by atoms with Crippen LogP contribution >= 0.6 is 0 Å². The number of hydrogen-bond acceptors (Lipinski definition) is 3. The van der Waals surface area contributed by atoms with E-state index in [0.29, 0.717) is 18.7 Å². The molecule has 0 rings (SSSR count). The lowest BCUT2D eigenvalue weighted by Crippen LogP contribution is -2.47. The summed E-state index contributed by atoms with van der Waals surface area (Å²) in [5.41, 5.74) is 2.90. The van der Waals surface area contributed by atoms with E-state index in [-0.39, 0.29) is 0 Å². The van der Waals surface area contributed by atoms with Gasteiger partial charge in [-0.1, -0.05) is 0 Å². The summed E-state index contributed by atoms with van der Waals surface area (Å²) >= 11 is 0. The highest BCUT2D eigenvalue weighted by atomic mass is 16.7. The van der Waals surface area contributed by atoms with E-state index in [4.69, 9.17) is 4.84 Å². The molecule has 0 spiro atoms. The minimum absolute atomic E-state index is 0.460. The second-order valence-corrected chi connectivity index (χ2v) is 3.12. The Morgan fingerprint density at radius 1 is 1.18 bits per heavy atom. The predicted octanol–water partition coefficient (Wildman–Crippen LogP) is 1.56. The van der Waals surface area contributed by atoms with E-state index in [1.165, 1.54) is 0 Å². The van der Waals surface area contributed by atoms with E-state index in [9.17, 15) is 0 Å². The molecule has 0 amide bonds. The van der Waals surface area contributed by atoms with Crippen LogP contribution < -0.4 is 5.59 Å². The molecule has 0 fully saturated rings. The third-order valence-corrected chi connectivity index (χ3v) is 1.43. The second kappa shape index (κ2) is 5.52. The first-order valence-electron chi connectivity index (χ1n) is 4.25. The smallest absolute Gasteiger partial charge is 0.0670 e. The molecule has 68 valence electrons. The Kier molecular flexibility index (Phi) is 5.46. The van der Waals surface area contributed by atoms with E-state index in [0.717, 1.165) is 0 Å². The van der Waals surface area contributed by atoms with Gasteiger partial charge in [-0.25, -0.2) is 5.01 Å². The van der Waals surface area contributed by atoms with Gasteiger partial charge in [0.2, 0.25) is 0 Å². The molecule has 0 aliphatic rings. The number of hydrazine groups is 1. The summed E-state index contributed by atoms with van der Waals surface area (Å²) in [4.78, 5) is 5.09. The van der Waals surface area contributed by atoms with Gasteiger partial charge in [0.05, 0.1) is 6.61 Å². The van der Waals surface area contributed by atoms with Gasteiger partial charge in [-0.2, -0.15) is 0 Å². The maximum atomic E-state index is 5.09. The fraction of sp³-hybridized carbons (Fsp3) is 1.00. The normalized spacial score (nSPS) is 12.0. The summed E-state index contributed by atoms with van der Waals surface area (Å²) in [7, 11) is 0. The molecule has 0 saturated heterocycles. The van der Waals surface area contributed by atoms with Crippen molar-refractivity contribution in [1.29, 1.82) is 0 Å². The minimum atomic E-state index is 0.460. The third-order valence-electron chi connectivity index (χ3n) is 1.43. The van der Waals surface area contributed by atoms with Crippen molar-refractivity contribution in [3.63, 3.8) is 0 Å². The van der Waals surface area contributed by atoms with Crippen LogP contribution in [0.4, 0.5) is 0 Å². The first kappa shape index (κ1) is 10.9. The van der Waals surface area contributed by atoms with Crippen molar-refractivity contribution >= 4 is 0 Å². The lowest BCUT2D eigenvalue weighted by molar-refractivity contribution is -0.108. The minimum Gasteiger partial charge on any atom is -0.287 e. The first-order chi connectivity index (χ1) is 5.09. The van der Waals surface area contributed by atoms with Crippen LogP contribution in [0.1, 0.15) is 34.6 Å². The Morgan fingerprint density at radius 3 is 1.91 bits per heavy atom. The molecule has 0 unspecified atom stereocenters. The van der Waals surface area contributed by atoms with Crippen LogP contribution in [-0.2, 0) is 4.84 Å². The average Bonchev–Trinajstić information content (AvgIpc) is 1.87. The zero-order chi connectivity index (χ0) is 8.85. The van der Waals surface area contributed by atoms with Crippen LogP contribution in [0.25, 0.3) is 0 Å². The van der Waals surface area contributed by atoms with Gasteiger partial charge in [-0.3, -0.25) is 4.84 Å². The Morgan fingerprint density at radius 2 is 1.64 bits per heavy atom. The highest BCUT2D eigenvalue weighted by molar-refractivity contribution is 4.59. The van der Waals surface area contributed by atoms with Crippen LogP contribution in [0, 0.1) is 0 Å². The molecule has 0 aliphatic carbocycles. The van der Waals surface area contributed by atoms with Crippen molar-refractivity contribution in [1.82, 2.24) is 10.6 Å². The topological polar surface area (TPSA) is 24.5 Å². The standard InChI is InChI=1S/C8H20N2O/c1-6-11-9-10(7(2)3)8(4)5/h7-9H,6H2,1-5H3. The molecule has 0 aromatic rings. The number of hydrogen-bond donors (Lipinski definition) is 1. The Balaban J connectivity index is 3.70. The monoisotopic (exact) mass is 160 g/mol. The largest absolute Gasteiger partial charge is 0.287 e. The molecule has 0 aromatic carbocycles. The Bertz CT molecular complexity index is 86.1. The summed E-state index contributed by atoms with van der Waals surface area (Å²) in [5, 5.41) is 2.07. The number of nitrogens with one attached hydrogen (secondary N) is 1. The van der Waals surface area contributed by atoms with Crippen LogP contribution in [0.5, 0.6) is 0 Å². The molecular formula is C8H20N2O. The van der Waals surface area contributed by atoms with E-state index in [1.54, 1.807) is 0 Å². The van der Waals surface area contributed by atoms with Crippen LogP contribution in [0.15, 0.2) is 0 Å². The van der Waals surface area contributed by atoms with E-state index in [1.807, 2.05) is 6.92 Å². The van der Waals surface area contributed by atoms with E-state index >= 15 is 0 Å². The van der Waals surface area contributed by atoms with Gasteiger partial charge in [0.15, 0.2) is 0 Å². The quantitative estimate of drug-likeness (QED) is 0.618. The van der Waals surface area contributed by atoms with Gasteiger partial charge < -0.3 is 0 Å². The molecule has 0 aliphatic heterocycles. The van der Waals surface area contributed by atoms with Gasteiger partial charge in [-0.05, 0) is 34.6 Å². The predicted molar refractivity (Wildman–Crippen MR) is 46.9 cm³/mol. The highest BCUT2D eigenvalue weighted by Gasteiger charge is 2.11. The third kappa shape index (κ3) is 4.35. The van der Waals surface area contributed by atoms with Crippen LogP contribution in [0.3, 0.4) is 0 Å². The molecule has 0 aromatic heterocycles. The number of rotatable bonds is 5. The Labute approximate surface area is 69.6 Å². The lowest BCUT2D eigenvalue weighted by atomic mass is 10.3. The van der Waals surface area contributed by atoms with Crippen molar-refractivity contribution < 1.29 is 4.84 Å². The van der Waals surface area contributed by atoms with Gasteiger partial charge in [0.1, 0.15) is 0 Å². The van der Waals surface area contributed by atoms with Crippen molar-refractivity contribution in [2.75, 3.05) is 6.61 Å². The van der Waals surface area contributed by atoms with Crippen LogP contribution in [-0.4, -0.2) is 23.7 Å². The van der Waals surface area contributed by atoms with Gasteiger partial charge in [0.25, 0.3) is 0 Å². The maximum Gasteiger partial charge on any atom is 0.0670 e. The van der Waals surface area contributed by atoms with Gasteiger partial charge in [0, 0.05) is 12.1 Å². The molecular weight excluding hydrogens is 140 g/mol. The Hall–Kier alpha value is -0.120. The molecule has 11 heavy (non-hydrogen) atoms. The molecule has 0 heterocycles. The van der Waals surface area contributed by atoms with Crippen LogP contribution in [0.2, 0.25) is 0 Å². The lowest BCUT2D eigenvalue weighted by Gasteiger charge is -2.29. The zero-order valence-corrected chi connectivity index (χ0v) is 8.22. The molecule has 0 atom stereocenters. The summed E-state index contributed by atoms with van der Waals surface area (Å²) < 4.78 is 0. The van der Waals surface area contributed by atoms with Crippen molar-refractivity contribution in [3.05, 3.63) is 0 Å². The highest BCUT2D eigenvalue weighted by Crippen LogP contribution is 1.99.